The Hall–Kier alpha value is -1.91. The highest BCUT2D eigenvalue weighted by molar-refractivity contribution is 7.92. The van der Waals surface area contributed by atoms with Gasteiger partial charge in [-0.2, -0.15) is 8.42 Å². The van der Waals surface area contributed by atoms with Crippen molar-refractivity contribution in [2.75, 3.05) is 4.72 Å². The summed E-state index contributed by atoms with van der Waals surface area (Å²) in [6.45, 7) is 1.68. The van der Waals surface area contributed by atoms with Crippen LogP contribution >= 0.6 is 0 Å². The van der Waals surface area contributed by atoms with Gasteiger partial charge in [0.05, 0.1) is 4.90 Å². The first kappa shape index (κ1) is 15.5. The number of aromatic nitrogens is 2. The minimum absolute atomic E-state index is 0.0980. The van der Waals surface area contributed by atoms with Gasteiger partial charge in [-0.05, 0) is 31.2 Å². The van der Waals surface area contributed by atoms with E-state index in [-0.39, 0.29) is 15.6 Å². The van der Waals surface area contributed by atoms with Gasteiger partial charge in [0.25, 0.3) is 10.0 Å². The number of rotatable bonds is 4. The van der Waals surface area contributed by atoms with Crippen LogP contribution in [-0.2, 0) is 27.1 Å². The number of hydrogen-bond donors (Lipinski definition) is 2. The zero-order valence-corrected chi connectivity index (χ0v) is 12.9. The first-order valence-corrected chi connectivity index (χ1v) is 8.78. The Balaban J connectivity index is 2.29. The Bertz CT molecular complexity index is 848. The molecule has 0 saturated carbocycles. The third kappa shape index (κ3) is 3.40. The summed E-state index contributed by atoms with van der Waals surface area (Å²) in [6.07, 6.45) is 1.39. The molecule has 1 heterocycles. The van der Waals surface area contributed by atoms with Gasteiger partial charge in [-0.15, -0.1) is 0 Å². The van der Waals surface area contributed by atoms with Crippen molar-refractivity contribution in [3.05, 3.63) is 36.3 Å². The van der Waals surface area contributed by atoms with Crippen molar-refractivity contribution in [1.29, 1.82) is 0 Å². The van der Waals surface area contributed by atoms with E-state index < -0.39 is 20.0 Å². The van der Waals surface area contributed by atoms with Crippen LogP contribution in [0.4, 0.5) is 5.69 Å². The smallest absolute Gasteiger partial charge is 0.280 e. The molecule has 114 valence electrons. The normalized spacial score (nSPS) is 12.3. The lowest BCUT2D eigenvalue weighted by Gasteiger charge is -2.06. The molecule has 1 aromatic heterocycles. The number of primary sulfonamides is 1. The molecule has 0 aliphatic carbocycles. The topological polar surface area (TPSA) is 124 Å². The Kier molecular flexibility index (Phi) is 3.78. The average Bonchev–Trinajstić information content (AvgIpc) is 2.69. The van der Waals surface area contributed by atoms with E-state index in [1.165, 1.54) is 30.5 Å². The van der Waals surface area contributed by atoms with Crippen LogP contribution in [0.25, 0.3) is 0 Å². The highest BCUT2D eigenvalue weighted by atomic mass is 32.2. The van der Waals surface area contributed by atoms with Crippen LogP contribution in [-0.4, -0.2) is 26.4 Å². The predicted molar refractivity (Wildman–Crippen MR) is 76.6 cm³/mol. The van der Waals surface area contributed by atoms with Crippen LogP contribution in [0.15, 0.2) is 40.4 Å². The summed E-state index contributed by atoms with van der Waals surface area (Å²) >= 11 is 0. The van der Waals surface area contributed by atoms with E-state index >= 15 is 0 Å². The lowest BCUT2D eigenvalue weighted by atomic mass is 10.3. The summed E-state index contributed by atoms with van der Waals surface area (Å²) in [5.74, 6) is 0.556. The van der Waals surface area contributed by atoms with Crippen LogP contribution in [0.1, 0.15) is 5.82 Å². The van der Waals surface area contributed by atoms with Crippen LogP contribution in [0, 0.1) is 6.92 Å². The van der Waals surface area contributed by atoms with Crippen LogP contribution in [0.5, 0.6) is 0 Å². The minimum atomic E-state index is -3.83. The molecule has 3 N–H and O–H groups in total. The number of nitrogens with two attached hydrogens (primary N) is 1. The van der Waals surface area contributed by atoms with Gasteiger partial charge in [-0.1, -0.05) is 0 Å². The van der Waals surface area contributed by atoms with Gasteiger partial charge in [0.15, 0.2) is 5.03 Å². The fraction of sp³-hybridized carbons (Fsp3) is 0.182. The molecule has 0 spiro atoms. The lowest BCUT2D eigenvalue weighted by Crippen LogP contribution is -2.14. The quantitative estimate of drug-likeness (QED) is 0.827. The van der Waals surface area contributed by atoms with Crippen molar-refractivity contribution in [2.45, 2.75) is 16.8 Å². The largest absolute Gasteiger partial charge is 0.337 e. The van der Waals surface area contributed by atoms with E-state index in [1.54, 1.807) is 18.5 Å². The third-order valence-corrected chi connectivity index (χ3v) is 4.98. The molecule has 1 aromatic carbocycles. The second-order valence-electron chi connectivity index (χ2n) is 4.41. The fourth-order valence-electron chi connectivity index (χ4n) is 1.58. The van der Waals surface area contributed by atoms with Crippen molar-refractivity contribution >= 4 is 25.7 Å². The van der Waals surface area contributed by atoms with Crippen LogP contribution < -0.4 is 9.86 Å². The number of benzene rings is 1. The third-order valence-electron chi connectivity index (χ3n) is 2.80. The number of imidazole rings is 1. The maximum Gasteiger partial charge on any atom is 0.280 e. The van der Waals surface area contributed by atoms with Gasteiger partial charge in [-0.25, -0.2) is 18.5 Å². The lowest BCUT2D eigenvalue weighted by molar-refractivity contribution is 0.596. The average molecular weight is 330 g/mol. The second-order valence-corrected chi connectivity index (χ2v) is 7.60. The van der Waals surface area contributed by atoms with E-state index in [0.717, 1.165) is 0 Å². The first-order valence-electron chi connectivity index (χ1n) is 5.75. The molecule has 0 aliphatic heterocycles. The Morgan fingerprint density at radius 2 is 1.71 bits per heavy atom. The molecule has 0 saturated heterocycles. The predicted octanol–water partition coefficient (Wildman–Crippen LogP) is 0.177. The molecule has 0 fully saturated rings. The van der Waals surface area contributed by atoms with E-state index in [9.17, 15) is 16.8 Å². The maximum atomic E-state index is 12.1. The summed E-state index contributed by atoms with van der Waals surface area (Å²) in [7, 11) is -5.95. The highest BCUT2D eigenvalue weighted by Gasteiger charge is 2.18. The number of anilines is 1. The molecule has 0 amide bonds. The zero-order valence-electron chi connectivity index (χ0n) is 11.3. The molecule has 2 rings (SSSR count). The Morgan fingerprint density at radius 3 is 2.14 bits per heavy atom. The summed E-state index contributed by atoms with van der Waals surface area (Å²) in [4.78, 5) is 3.83. The Morgan fingerprint density at radius 1 is 1.14 bits per heavy atom. The van der Waals surface area contributed by atoms with E-state index in [4.69, 9.17) is 5.14 Å². The molecular weight excluding hydrogens is 316 g/mol. The highest BCUT2D eigenvalue weighted by Crippen LogP contribution is 2.17. The number of aryl methyl sites for hydroxylation is 2. The second kappa shape index (κ2) is 5.13. The van der Waals surface area contributed by atoms with Crippen molar-refractivity contribution in [3.63, 3.8) is 0 Å². The number of sulfonamides is 2. The van der Waals surface area contributed by atoms with Gasteiger partial charge in [0.2, 0.25) is 10.0 Å². The van der Waals surface area contributed by atoms with Gasteiger partial charge >= 0.3 is 0 Å². The minimum Gasteiger partial charge on any atom is -0.337 e. The molecular formula is C11H14N4O4S2. The van der Waals surface area contributed by atoms with Crippen molar-refractivity contribution in [1.82, 2.24) is 9.55 Å². The maximum absolute atomic E-state index is 12.1. The van der Waals surface area contributed by atoms with Crippen LogP contribution in [0.2, 0.25) is 0 Å². The van der Waals surface area contributed by atoms with Gasteiger partial charge in [0.1, 0.15) is 5.82 Å². The number of nitrogens with zero attached hydrogens (tertiary/aromatic N) is 2. The summed E-state index contributed by atoms with van der Waals surface area (Å²) in [5, 5.41) is 4.85. The summed E-state index contributed by atoms with van der Waals surface area (Å²) in [6, 6.07) is 5.06. The standard InChI is InChI=1S/C11H14N4O4S2/c1-8-13-11(7-15(8)2)21(18,19)14-9-3-5-10(6-4-9)20(12,16)17/h3-7,14H,1-2H3,(H2,12,16,17). The van der Waals surface area contributed by atoms with E-state index in [0.29, 0.717) is 5.82 Å². The Labute approximate surface area is 122 Å². The SMILES string of the molecule is Cc1nc(S(=O)(=O)Nc2ccc(S(N)(=O)=O)cc2)cn1C. The number of nitrogens with one attached hydrogen (secondary N) is 1. The zero-order chi connectivity index (χ0) is 15.8. The molecule has 8 nitrogen and oxygen atoms in total. The number of hydrogen-bond acceptors (Lipinski definition) is 5. The summed E-state index contributed by atoms with van der Waals surface area (Å²) < 4.78 is 50.4. The molecule has 0 radical (unpaired) electrons. The first-order chi connectivity index (χ1) is 9.59. The van der Waals surface area contributed by atoms with E-state index in [2.05, 4.69) is 9.71 Å². The fourth-order valence-corrected chi connectivity index (χ4v) is 3.19. The van der Waals surface area contributed by atoms with Gasteiger partial charge in [-0.3, -0.25) is 4.72 Å². The van der Waals surface area contributed by atoms with Crippen molar-refractivity contribution in [3.8, 4) is 0 Å². The van der Waals surface area contributed by atoms with E-state index in [1.807, 2.05) is 0 Å². The van der Waals surface area contributed by atoms with Crippen molar-refractivity contribution < 1.29 is 16.8 Å². The molecule has 10 heteroatoms. The summed E-state index contributed by atoms with van der Waals surface area (Å²) in [5.41, 5.74) is 0.214. The molecule has 0 aliphatic rings. The molecule has 2 aromatic rings. The monoisotopic (exact) mass is 330 g/mol. The van der Waals surface area contributed by atoms with Gasteiger partial charge in [0, 0.05) is 18.9 Å². The molecule has 0 unspecified atom stereocenters. The van der Waals surface area contributed by atoms with Crippen LogP contribution in [0.3, 0.4) is 0 Å². The molecule has 21 heavy (non-hydrogen) atoms. The molecule has 0 atom stereocenters. The van der Waals surface area contributed by atoms with Crippen molar-refractivity contribution in [2.24, 2.45) is 12.2 Å². The molecule has 0 bridgehead atoms. The van der Waals surface area contributed by atoms with Gasteiger partial charge < -0.3 is 4.57 Å².